The molecule has 1 fully saturated rings. The maximum absolute atomic E-state index is 5.40. The van der Waals surface area contributed by atoms with Crippen LogP contribution in [0.25, 0.3) is 6.08 Å². The molecule has 2 heteroatoms. The molecule has 1 N–H and O–H groups in total. The van der Waals surface area contributed by atoms with Crippen LogP contribution < -0.4 is 10.1 Å². The maximum atomic E-state index is 5.40. The molecule has 1 aliphatic rings. The third-order valence-corrected chi connectivity index (χ3v) is 3.39. The van der Waals surface area contributed by atoms with Crippen molar-refractivity contribution < 1.29 is 4.74 Å². The van der Waals surface area contributed by atoms with Gasteiger partial charge in [0.15, 0.2) is 0 Å². The predicted molar refractivity (Wildman–Crippen MR) is 76.8 cm³/mol. The van der Waals surface area contributed by atoms with E-state index in [1.54, 1.807) is 7.11 Å². The Morgan fingerprint density at radius 2 is 2.11 bits per heavy atom. The largest absolute Gasteiger partial charge is 0.496 e. The van der Waals surface area contributed by atoms with Gasteiger partial charge in [0.25, 0.3) is 0 Å². The summed E-state index contributed by atoms with van der Waals surface area (Å²) in [5.74, 6) is 1.50. The van der Waals surface area contributed by atoms with Crippen molar-refractivity contribution in [3.8, 4) is 5.75 Å². The molecule has 0 atom stereocenters. The Bertz CT molecular complexity index is 419. The molecule has 0 aromatic heterocycles. The molecule has 0 aliphatic heterocycles. The van der Waals surface area contributed by atoms with Gasteiger partial charge in [-0.05, 0) is 24.8 Å². The molecule has 0 bridgehead atoms. The first-order valence-electron chi connectivity index (χ1n) is 6.77. The molecule has 0 spiro atoms. The summed E-state index contributed by atoms with van der Waals surface area (Å²) in [6.07, 6.45) is 4.93. The summed E-state index contributed by atoms with van der Waals surface area (Å²) < 4.78 is 5.40. The number of para-hydroxylation sites is 1. The van der Waals surface area contributed by atoms with Crippen LogP contribution in [0.15, 0.2) is 29.8 Å². The van der Waals surface area contributed by atoms with Gasteiger partial charge in [-0.25, -0.2) is 0 Å². The minimum Gasteiger partial charge on any atom is -0.496 e. The Hall–Kier alpha value is -1.28. The fourth-order valence-electron chi connectivity index (χ4n) is 1.96. The first-order chi connectivity index (χ1) is 8.70. The standard InChI is InChI=1S/C16H23NO/c1-12(2)14(11-17-15-8-9-15)10-13-6-4-5-7-16(13)18-3/h4-7,10,12,15,17H,8-9,11H2,1-3H3. The van der Waals surface area contributed by atoms with Crippen LogP contribution in [0.3, 0.4) is 0 Å². The fourth-order valence-corrected chi connectivity index (χ4v) is 1.96. The van der Waals surface area contributed by atoms with Crippen LogP contribution in [0.2, 0.25) is 0 Å². The minimum absolute atomic E-state index is 0.557. The normalized spacial score (nSPS) is 16.1. The molecular formula is C16H23NO. The van der Waals surface area contributed by atoms with E-state index >= 15 is 0 Å². The summed E-state index contributed by atoms with van der Waals surface area (Å²) >= 11 is 0. The number of benzene rings is 1. The van der Waals surface area contributed by atoms with Gasteiger partial charge in [0.05, 0.1) is 7.11 Å². The minimum atomic E-state index is 0.557. The quantitative estimate of drug-likeness (QED) is 0.828. The molecule has 1 aliphatic carbocycles. The van der Waals surface area contributed by atoms with Crippen molar-refractivity contribution in [3.63, 3.8) is 0 Å². The van der Waals surface area contributed by atoms with E-state index in [0.29, 0.717) is 5.92 Å². The molecule has 98 valence electrons. The first-order valence-corrected chi connectivity index (χ1v) is 6.77. The van der Waals surface area contributed by atoms with Crippen molar-refractivity contribution >= 4 is 6.08 Å². The molecule has 1 saturated carbocycles. The van der Waals surface area contributed by atoms with Crippen LogP contribution in [0.4, 0.5) is 0 Å². The van der Waals surface area contributed by atoms with Gasteiger partial charge >= 0.3 is 0 Å². The van der Waals surface area contributed by atoms with Crippen molar-refractivity contribution in [1.29, 1.82) is 0 Å². The highest BCUT2D eigenvalue weighted by atomic mass is 16.5. The number of hydrogen-bond donors (Lipinski definition) is 1. The van der Waals surface area contributed by atoms with Gasteiger partial charge in [0.2, 0.25) is 0 Å². The Morgan fingerprint density at radius 1 is 1.39 bits per heavy atom. The highest BCUT2D eigenvalue weighted by Crippen LogP contribution is 2.24. The molecule has 0 unspecified atom stereocenters. The van der Waals surface area contributed by atoms with Crippen molar-refractivity contribution in [2.75, 3.05) is 13.7 Å². The topological polar surface area (TPSA) is 21.3 Å². The van der Waals surface area contributed by atoms with Crippen molar-refractivity contribution in [2.24, 2.45) is 5.92 Å². The van der Waals surface area contributed by atoms with Gasteiger partial charge in [-0.15, -0.1) is 0 Å². The zero-order valence-corrected chi connectivity index (χ0v) is 11.6. The van der Waals surface area contributed by atoms with Crippen LogP contribution in [0, 0.1) is 5.92 Å². The molecule has 2 nitrogen and oxygen atoms in total. The third-order valence-electron chi connectivity index (χ3n) is 3.39. The Kier molecular flexibility index (Phi) is 4.43. The summed E-state index contributed by atoms with van der Waals surface area (Å²) in [6, 6.07) is 8.94. The number of rotatable bonds is 6. The first kappa shape index (κ1) is 13.2. The molecule has 1 aromatic rings. The van der Waals surface area contributed by atoms with Crippen molar-refractivity contribution in [3.05, 3.63) is 35.4 Å². The van der Waals surface area contributed by atoms with E-state index < -0.39 is 0 Å². The Morgan fingerprint density at radius 3 is 2.72 bits per heavy atom. The van der Waals surface area contributed by atoms with E-state index in [4.69, 9.17) is 4.74 Å². The Balaban J connectivity index is 2.13. The highest BCUT2D eigenvalue weighted by molar-refractivity contribution is 5.60. The average molecular weight is 245 g/mol. The SMILES string of the molecule is COc1ccccc1C=C(CNC1CC1)C(C)C. The summed E-state index contributed by atoms with van der Waals surface area (Å²) in [4.78, 5) is 0. The van der Waals surface area contributed by atoms with Gasteiger partial charge in [-0.3, -0.25) is 0 Å². The lowest BCUT2D eigenvalue weighted by molar-refractivity contribution is 0.414. The summed E-state index contributed by atoms with van der Waals surface area (Å²) in [5.41, 5.74) is 2.60. The average Bonchev–Trinajstić information content (AvgIpc) is 3.18. The molecule has 0 radical (unpaired) electrons. The molecular weight excluding hydrogens is 222 g/mol. The molecule has 18 heavy (non-hydrogen) atoms. The summed E-state index contributed by atoms with van der Waals surface area (Å²) in [6.45, 7) is 5.48. The van der Waals surface area contributed by atoms with Crippen LogP contribution in [0.1, 0.15) is 32.3 Å². The second-order valence-electron chi connectivity index (χ2n) is 5.27. The lowest BCUT2D eigenvalue weighted by Gasteiger charge is -2.14. The van der Waals surface area contributed by atoms with E-state index in [-0.39, 0.29) is 0 Å². The van der Waals surface area contributed by atoms with E-state index in [1.807, 2.05) is 12.1 Å². The van der Waals surface area contributed by atoms with E-state index in [1.165, 1.54) is 24.0 Å². The summed E-state index contributed by atoms with van der Waals surface area (Å²) in [5, 5.41) is 3.59. The number of ether oxygens (including phenoxy) is 1. The van der Waals surface area contributed by atoms with Crippen LogP contribution in [-0.2, 0) is 0 Å². The molecule has 0 saturated heterocycles. The number of methoxy groups -OCH3 is 1. The zero-order chi connectivity index (χ0) is 13.0. The second kappa shape index (κ2) is 6.05. The van der Waals surface area contributed by atoms with Gasteiger partial charge in [0, 0.05) is 18.2 Å². The van der Waals surface area contributed by atoms with Crippen LogP contribution in [0.5, 0.6) is 5.75 Å². The predicted octanol–water partition coefficient (Wildman–Crippen LogP) is 3.49. The molecule has 1 aromatic carbocycles. The van der Waals surface area contributed by atoms with E-state index in [2.05, 4.69) is 37.4 Å². The number of nitrogens with one attached hydrogen (secondary N) is 1. The zero-order valence-electron chi connectivity index (χ0n) is 11.6. The lowest BCUT2D eigenvalue weighted by Crippen LogP contribution is -2.21. The summed E-state index contributed by atoms with van der Waals surface area (Å²) in [7, 11) is 1.73. The van der Waals surface area contributed by atoms with Gasteiger partial charge < -0.3 is 10.1 Å². The monoisotopic (exact) mass is 245 g/mol. The second-order valence-corrected chi connectivity index (χ2v) is 5.27. The van der Waals surface area contributed by atoms with E-state index in [9.17, 15) is 0 Å². The van der Waals surface area contributed by atoms with Gasteiger partial charge in [0.1, 0.15) is 5.75 Å². The molecule has 0 amide bonds. The number of hydrogen-bond acceptors (Lipinski definition) is 2. The maximum Gasteiger partial charge on any atom is 0.126 e. The Labute approximate surface area is 110 Å². The van der Waals surface area contributed by atoms with Crippen molar-refractivity contribution in [1.82, 2.24) is 5.32 Å². The fraction of sp³-hybridized carbons (Fsp3) is 0.500. The van der Waals surface area contributed by atoms with Crippen molar-refractivity contribution in [2.45, 2.75) is 32.7 Å². The van der Waals surface area contributed by atoms with Gasteiger partial charge in [-0.1, -0.05) is 43.7 Å². The van der Waals surface area contributed by atoms with Crippen LogP contribution >= 0.6 is 0 Å². The van der Waals surface area contributed by atoms with Gasteiger partial charge in [-0.2, -0.15) is 0 Å². The highest BCUT2D eigenvalue weighted by Gasteiger charge is 2.20. The molecule has 0 heterocycles. The van der Waals surface area contributed by atoms with Crippen LogP contribution in [-0.4, -0.2) is 19.7 Å². The third kappa shape index (κ3) is 3.61. The smallest absolute Gasteiger partial charge is 0.126 e. The lowest BCUT2D eigenvalue weighted by atomic mass is 10.00. The molecule has 2 rings (SSSR count). The van der Waals surface area contributed by atoms with E-state index in [0.717, 1.165) is 18.3 Å².